The van der Waals surface area contributed by atoms with Crippen LogP contribution in [0, 0.1) is 0 Å². The van der Waals surface area contributed by atoms with Crippen LogP contribution in [-0.2, 0) is 9.53 Å². The van der Waals surface area contributed by atoms with Crippen LogP contribution in [0.15, 0.2) is 35.3 Å². The van der Waals surface area contributed by atoms with E-state index in [1.165, 1.54) is 12.7 Å². The quantitative estimate of drug-likeness (QED) is 0.385. The second-order valence-corrected chi connectivity index (χ2v) is 5.62. The van der Waals surface area contributed by atoms with E-state index < -0.39 is 0 Å². The van der Waals surface area contributed by atoms with Crippen molar-refractivity contribution in [1.82, 2.24) is 15.5 Å². The van der Waals surface area contributed by atoms with Gasteiger partial charge in [0.1, 0.15) is 0 Å². The summed E-state index contributed by atoms with van der Waals surface area (Å²) in [6.07, 6.45) is 0.319. The number of ether oxygens (including phenoxy) is 1. The third kappa shape index (κ3) is 7.56. The van der Waals surface area contributed by atoms with Crippen molar-refractivity contribution in [2.45, 2.75) is 33.2 Å². The van der Waals surface area contributed by atoms with Crippen molar-refractivity contribution < 1.29 is 9.53 Å². The van der Waals surface area contributed by atoms with Gasteiger partial charge < -0.3 is 15.4 Å². The van der Waals surface area contributed by atoms with Gasteiger partial charge in [0.2, 0.25) is 0 Å². The number of likely N-dealkylation sites (N-methyl/N-ethyl adjacent to an activating group) is 1. The van der Waals surface area contributed by atoms with Gasteiger partial charge in [-0.05, 0) is 25.6 Å². The van der Waals surface area contributed by atoms with Crippen LogP contribution in [0.4, 0.5) is 0 Å². The molecule has 0 fully saturated rings. The molecule has 1 aromatic rings. The molecule has 2 N–H and O–H groups in total. The number of hydrogen-bond acceptors (Lipinski definition) is 4. The van der Waals surface area contributed by atoms with Crippen molar-refractivity contribution in [3.8, 4) is 0 Å². The zero-order valence-electron chi connectivity index (χ0n) is 15.9. The largest absolute Gasteiger partial charge is 0.469 e. The molecule has 0 aliphatic heterocycles. The number of carbonyl (C=O) groups excluding carboxylic acids is 1. The van der Waals surface area contributed by atoms with Crippen LogP contribution >= 0.6 is 0 Å². The number of carbonyl (C=O) groups is 1. The van der Waals surface area contributed by atoms with Gasteiger partial charge in [0.15, 0.2) is 5.96 Å². The van der Waals surface area contributed by atoms with Crippen LogP contribution in [0.25, 0.3) is 0 Å². The van der Waals surface area contributed by atoms with E-state index in [0.717, 1.165) is 25.6 Å². The highest BCUT2D eigenvalue weighted by molar-refractivity contribution is 5.80. The van der Waals surface area contributed by atoms with E-state index in [0.29, 0.717) is 19.5 Å². The maximum absolute atomic E-state index is 11.2. The number of nitrogens with one attached hydrogen (secondary N) is 2. The molecular weight excluding hydrogens is 316 g/mol. The van der Waals surface area contributed by atoms with Gasteiger partial charge in [0, 0.05) is 13.1 Å². The lowest BCUT2D eigenvalue weighted by Gasteiger charge is -2.29. The van der Waals surface area contributed by atoms with Crippen molar-refractivity contribution in [2.75, 3.05) is 39.8 Å². The molecule has 25 heavy (non-hydrogen) atoms. The number of guanidine groups is 1. The van der Waals surface area contributed by atoms with Gasteiger partial charge in [-0.1, -0.05) is 44.2 Å². The first-order valence-electron chi connectivity index (χ1n) is 9.04. The normalized spacial score (nSPS) is 12.8. The van der Waals surface area contributed by atoms with Crippen LogP contribution in [-0.4, -0.2) is 56.7 Å². The molecule has 0 amide bonds. The first-order chi connectivity index (χ1) is 12.2. The summed E-state index contributed by atoms with van der Waals surface area (Å²) in [6, 6.07) is 10.7. The van der Waals surface area contributed by atoms with E-state index in [4.69, 9.17) is 4.99 Å². The second-order valence-electron chi connectivity index (χ2n) is 5.62. The second kappa shape index (κ2) is 12.3. The number of benzene rings is 1. The molecule has 140 valence electrons. The lowest BCUT2D eigenvalue weighted by Crippen LogP contribution is -2.39. The fourth-order valence-corrected chi connectivity index (χ4v) is 2.68. The molecule has 6 heteroatoms. The molecule has 0 heterocycles. The topological polar surface area (TPSA) is 66.0 Å². The summed E-state index contributed by atoms with van der Waals surface area (Å²) in [4.78, 5) is 18.4. The van der Waals surface area contributed by atoms with Crippen LogP contribution in [0.3, 0.4) is 0 Å². The molecule has 0 saturated carbocycles. The van der Waals surface area contributed by atoms with Crippen molar-refractivity contribution in [1.29, 1.82) is 0 Å². The molecule has 1 unspecified atom stereocenters. The zero-order chi connectivity index (χ0) is 18.5. The minimum absolute atomic E-state index is 0.228. The Morgan fingerprint density at radius 3 is 2.40 bits per heavy atom. The van der Waals surface area contributed by atoms with Crippen LogP contribution in [0.5, 0.6) is 0 Å². The molecule has 1 atom stereocenters. The Balaban J connectivity index is 2.80. The Hall–Kier alpha value is -2.08. The van der Waals surface area contributed by atoms with E-state index in [1.807, 2.05) is 13.0 Å². The van der Waals surface area contributed by atoms with Gasteiger partial charge in [-0.3, -0.25) is 14.7 Å². The Morgan fingerprint density at radius 1 is 1.16 bits per heavy atom. The van der Waals surface area contributed by atoms with Gasteiger partial charge in [-0.25, -0.2) is 0 Å². The molecule has 1 rings (SSSR count). The Kier molecular flexibility index (Phi) is 10.3. The number of hydrogen-bond donors (Lipinski definition) is 2. The average molecular weight is 348 g/mol. The molecule has 0 radical (unpaired) electrons. The number of methoxy groups -OCH3 is 1. The third-order valence-corrected chi connectivity index (χ3v) is 4.05. The number of rotatable bonds is 10. The SMILES string of the molecule is CCNC(=NCC(c1ccccc1)N(CC)CC)NCCC(=O)OC. The maximum Gasteiger partial charge on any atom is 0.307 e. The Morgan fingerprint density at radius 2 is 1.84 bits per heavy atom. The lowest BCUT2D eigenvalue weighted by molar-refractivity contribution is -0.140. The maximum atomic E-state index is 11.2. The van der Waals surface area contributed by atoms with E-state index >= 15 is 0 Å². The summed E-state index contributed by atoms with van der Waals surface area (Å²) in [5.74, 6) is 0.494. The summed E-state index contributed by atoms with van der Waals surface area (Å²) in [6.45, 7) is 10.2. The van der Waals surface area contributed by atoms with Gasteiger partial charge in [0.25, 0.3) is 0 Å². The highest BCUT2D eigenvalue weighted by Gasteiger charge is 2.17. The average Bonchev–Trinajstić information content (AvgIpc) is 2.65. The number of aliphatic imine (C=N–C) groups is 1. The fourth-order valence-electron chi connectivity index (χ4n) is 2.68. The van der Waals surface area contributed by atoms with Gasteiger partial charge >= 0.3 is 5.97 Å². The third-order valence-electron chi connectivity index (χ3n) is 4.05. The molecule has 6 nitrogen and oxygen atoms in total. The summed E-state index contributed by atoms with van der Waals surface area (Å²) in [5, 5.41) is 6.41. The predicted octanol–water partition coefficient (Wildman–Crippen LogP) is 2.19. The van der Waals surface area contributed by atoms with E-state index in [2.05, 4.69) is 58.4 Å². The summed E-state index contributed by atoms with van der Waals surface area (Å²) in [7, 11) is 1.40. The molecule has 0 aliphatic rings. The summed E-state index contributed by atoms with van der Waals surface area (Å²) < 4.78 is 4.66. The van der Waals surface area contributed by atoms with Crippen molar-refractivity contribution in [2.24, 2.45) is 4.99 Å². The monoisotopic (exact) mass is 348 g/mol. The predicted molar refractivity (Wildman–Crippen MR) is 103 cm³/mol. The van der Waals surface area contributed by atoms with Gasteiger partial charge in [-0.15, -0.1) is 0 Å². The fraction of sp³-hybridized carbons (Fsp3) is 0.579. The van der Waals surface area contributed by atoms with Crippen molar-refractivity contribution in [3.05, 3.63) is 35.9 Å². The zero-order valence-corrected chi connectivity index (χ0v) is 15.9. The summed E-state index contributed by atoms with van der Waals surface area (Å²) in [5.41, 5.74) is 1.26. The Labute approximate surface area is 151 Å². The molecule has 1 aromatic carbocycles. The van der Waals surface area contributed by atoms with Gasteiger partial charge in [0.05, 0.1) is 26.1 Å². The number of nitrogens with zero attached hydrogens (tertiary/aromatic N) is 2. The van der Waals surface area contributed by atoms with E-state index in [-0.39, 0.29) is 12.0 Å². The molecule has 0 saturated heterocycles. The van der Waals surface area contributed by atoms with Crippen molar-refractivity contribution in [3.63, 3.8) is 0 Å². The molecule has 0 spiro atoms. The summed E-state index contributed by atoms with van der Waals surface area (Å²) >= 11 is 0. The lowest BCUT2D eigenvalue weighted by atomic mass is 10.1. The van der Waals surface area contributed by atoms with Crippen LogP contribution in [0.2, 0.25) is 0 Å². The first-order valence-corrected chi connectivity index (χ1v) is 9.04. The highest BCUT2D eigenvalue weighted by Crippen LogP contribution is 2.20. The highest BCUT2D eigenvalue weighted by atomic mass is 16.5. The van der Waals surface area contributed by atoms with Crippen molar-refractivity contribution >= 4 is 11.9 Å². The molecule has 0 aliphatic carbocycles. The number of esters is 1. The van der Waals surface area contributed by atoms with Crippen LogP contribution < -0.4 is 10.6 Å². The first kappa shape index (κ1) is 21.0. The minimum atomic E-state index is -0.228. The smallest absolute Gasteiger partial charge is 0.307 e. The Bertz CT molecular complexity index is 515. The molecule has 0 aromatic heterocycles. The van der Waals surface area contributed by atoms with Gasteiger partial charge in [-0.2, -0.15) is 0 Å². The standard InChI is InChI=1S/C19H32N4O2/c1-5-20-19(21-14-13-18(24)25-4)22-15-17(23(6-2)7-3)16-11-9-8-10-12-16/h8-12,17H,5-7,13-15H2,1-4H3,(H2,20,21,22). The van der Waals surface area contributed by atoms with E-state index in [9.17, 15) is 4.79 Å². The van der Waals surface area contributed by atoms with Crippen LogP contribution in [0.1, 0.15) is 38.8 Å². The molecular formula is C19H32N4O2. The molecule has 0 bridgehead atoms. The van der Waals surface area contributed by atoms with E-state index in [1.54, 1.807) is 0 Å². The minimum Gasteiger partial charge on any atom is -0.469 e.